The normalized spacial score (nSPS) is 21.9. The van der Waals surface area contributed by atoms with E-state index in [1.54, 1.807) is 7.05 Å². The zero-order chi connectivity index (χ0) is 13.6. The maximum atomic E-state index is 11.6. The molecule has 0 aromatic rings. The van der Waals surface area contributed by atoms with Crippen molar-refractivity contribution in [2.24, 2.45) is 5.41 Å². The van der Waals surface area contributed by atoms with Crippen LogP contribution < -0.4 is 10.6 Å². The largest absolute Gasteiger partial charge is 0.374 e. The van der Waals surface area contributed by atoms with Crippen LogP contribution in [0.15, 0.2) is 0 Å². The monoisotopic (exact) mass is 257 g/mol. The molecule has 0 bridgehead atoms. The first-order valence-electron chi connectivity index (χ1n) is 6.76. The van der Waals surface area contributed by atoms with E-state index in [-0.39, 0.29) is 17.4 Å². The van der Waals surface area contributed by atoms with Gasteiger partial charge < -0.3 is 15.4 Å². The zero-order valence-corrected chi connectivity index (χ0v) is 12.1. The third kappa shape index (κ3) is 4.55. The molecule has 1 unspecified atom stereocenters. The Hall–Kier alpha value is -0.650. The van der Waals surface area contributed by atoms with Crippen LogP contribution >= 0.6 is 0 Å². The van der Waals surface area contributed by atoms with Gasteiger partial charge in [0.1, 0.15) is 0 Å². The van der Waals surface area contributed by atoms with Gasteiger partial charge in [-0.25, -0.2) is 0 Å². The lowest BCUT2D eigenvalue weighted by Crippen LogP contribution is -2.49. The van der Waals surface area contributed by atoms with E-state index in [0.717, 1.165) is 32.8 Å². The number of nitrogens with one attached hydrogen (secondary N) is 2. The molecular weight excluding hydrogens is 230 g/mol. The number of nitrogens with zero attached hydrogens (tertiary/aromatic N) is 1. The molecule has 0 saturated carbocycles. The van der Waals surface area contributed by atoms with Crippen LogP contribution in [0.2, 0.25) is 0 Å². The van der Waals surface area contributed by atoms with E-state index >= 15 is 0 Å². The van der Waals surface area contributed by atoms with Crippen LogP contribution in [0.4, 0.5) is 0 Å². The van der Waals surface area contributed by atoms with E-state index in [0.29, 0.717) is 6.54 Å². The molecule has 1 aliphatic heterocycles. The summed E-state index contributed by atoms with van der Waals surface area (Å²) in [6.45, 7) is 11.4. The van der Waals surface area contributed by atoms with Crippen molar-refractivity contribution in [3.05, 3.63) is 0 Å². The SMILES string of the molecule is CCN1CCOC(CNCC(C)(C)C(=O)NC)C1. The number of carbonyl (C=O) groups is 1. The number of ether oxygens (including phenoxy) is 1. The smallest absolute Gasteiger partial charge is 0.226 e. The second-order valence-electron chi connectivity index (χ2n) is 5.48. The highest BCUT2D eigenvalue weighted by Gasteiger charge is 2.27. The molecule has 0 aliphatic carbocycles. The first-order chi connectivity index (χ1) is 8.49. The van der Waals surface area contributed by atoms with E-state index in [4.69, 9.17) is 4.74 Å². The lowest BCUT2D eigenvalue weighted by atomic mass is 9.92. The Balaban J connectivity index is 2.27. The fourth-order valence-corrected chi connectivity index (χ4v) is 2.16. The van der Waals surface area contributed by atoms with Crippen LogP contribution in [0.5, 0.6) is 0 Å². The van der Waals surface area contributed by atoms with Gasteiger partial charge in [0, 0.05) is 33.2 Å². The van der Waals surface area contributed by atoms with Crippen molar-refractivity contribution in [3.8, 4) is 0 Å². The molecule has 1 atom stereocenters. The fourth-order valence-electron chi connectivity index (χ4n) is 2.16. The van der Waals surface area contributed by atoms with Crippen LogP contribution in [-0.4, -0.2) is 63.3 Å². The third-order valence-electron chi connectivity index (χ3n) is 3.45. The van der Waals surface area contributed by atoms with Gasteiger partial charge in [0.2, 0.25) is 5.91 Å². The van der Waals surface area contributed by atoms with Gasteiger partial charge >= 0.3 is 0 Å². The Morgan fingerprint density at radius 2 is 2.22 bits per heavy atom. The van der Waals surface area contributed by atoms with Gasteiger partial charge in [-0.05, 0) is 20.4 Å². The maximum absolute atomic E-state index is 11.6. The van der Waals surface area contributed by atoms with E-state index in [9.17, 15) is 4.79 Å². The lowest BCUT2D eigenvalue weighted by molar-refractivity contribution is -0.128. The van der Waals surface area contributed by atoms with E-state index in [2.05, 4.69) is 22.5 Å². The average molecular weight is 257 g/mol. The summed E-state index contributed by atoms with van der Waals surface area (Å²) in [4.78, 5) is 14.0. The number of hydrogen-bond acceptors (Lipinski definition) is 4. The topological polar surface area (TPSA) is 53.6 Å². The molecule has 2 N–H and O–H groups in total. The lowest BCUT2D eigenvalue weighted by Gasteiger charge is -2.33. The number of hydrogen-bond donors (Lipinski definition) is 2. The molecule has 1 fully saturated rings. The van der Waals surface area contributed by atoms with E-state index in [1.165, 1.54) is 0 Å². The molecule has 5 nitrogen and oxygen atoms in total. The Kier molecular flexibility index (Phi) is 6.05. The molecule has 5 heteroatoms. The highest BCUT2D eigenvalue weighted by atomic mass is 16.5. The molecule has 1 heterocycles. The molecule has 1 rings (SSSR count). The second-order valence-corrected chi connectivity index (χ2v) is 5.48. The highest BCUT2D eigenvalue weighted by Crippen LogP contribution is 2.13. The minimum absolute atomic E-state index is 0.0646. The molecule has 106 valence electrons. The number of amides is 1. The van der Waals surface area contributed by atoms with E-state index in [1.807, 2.05) is 13.8 Å². The first-order valence-corrected chi connectivity index (χ1v) is 6.76. The molecule has 0 radical (unpaired) electrons. The summed E-state index contributed by atoms with van der Waals surface area (Å²) in [5.41, 5.74) is -0.381. The first kappa shape index (κ1) is 15.4. The highest BCUT2D eigenvalue weighted by molar-refractivity contribution is 5.81. The minimum Gasteiger partial charge on any atom is -0.374 e. The Morgan fingerprint density at radius 1 is 1.50 bits per heavy atom. The van der Waals surface area contributed by atoms with Crippen molar-refractivity contribution in [2.75, 3.05) is 46.4 Å². The van der Waals surface area contributed by atoms with Crippen molar-refractivity contribution in [1.29, 1.82) is 0 Å². The molecule has 1 saturated heterocycles. The molecule has 1 amide bonds. The molecule has 1 aliphatic rings. The molecular formula is C13H27N3O2. The van der Waals surface area contributed by atoms with Crippen molar-refractivity contribution in [1.82, 2.24) is 15.5 Å². The molecule has 18 heavy (non-hydrogen) atoms. The van der Waals surface area contributed by atoms with Crippen LogP contribution in [-0.2, 0) is 9.53 Å². The predicted molar refractivity (Wildman–Crippen MR) is 72.6 cm³/mol. The van der Waals surface area contributed by atoms with Crippen molar-refractivity contribution in [2.45, 2.75) is 26.9 Å². The van der Waals surface area contributed by atoms with Crippen LogP contribution in [0.3, 0.4) is 0 Å². The van der Waals surface area contributed by atoms with Crippen molar-refractivity contribution >= 4 is 5.91 Å². The summed E-state index contributed by atoms with van der Waals surface area (Å²) in [5.74, 6) is 0.0646. The van der Waals surface area contributed by atoms with Gasteiger partial charge in [-0.15, -0.1) is 0 Å². The quantitative estimate of drug-likeness (QED) is 0.707. The Bertz CT molecular complexity index is 269. The summed E-state index contributed by atoms with van der Waals surface area (Å²) >= 11 is 0. The average Bonchev–Trinajstić information content (AvgIpc) is 2.37. The van der Waals surface area contributed by atoms with Gasteiger partial charge in [-0.2, -0.15) is 0 Å². The summed E-state index contributed by atoms with van der Waals surface area (Å²) in [5, 5.41) is 6.03. The summed E-state index contributed by atoms with van der Waals surface area (Å²) in [6, 6.07) is 0. The number of rotatable bonds is 6. The predicted octanol–water partition coefficient (Wildman–Crippen LogP) is 0.0689. The summed E-state index contributed by atoms with van der Waals surface area (Å²) < 4.78 is 5.71. The van der Waals surface area contributed by atoms with E-state index < -0.39 is 0 Å². The Morgan fingerprint density at radius 3 is 2.83 bits per heavy atom. The maximum Gasteiger partial charge on any atom is 0.226 e. The second kappa shape index (κ2) is 7.07. The third-order valence-corrected chi connectivity index (χ3v) is 3.45. The Labute approximate surface area is 110 Å². The van der Waals surface area contributed by atoms with Gasteiger partial charge in [-0.1, -0.05) is 6.92 Å². The van der Waals surface area contributed by atoms with Gasteiger partial charge in [0.05, 0.1) is 18.1 Å². The zero-order valence-electron chi connectivity index (χ0n) is 12.1. The number of carbonyl (C=O) groups excluding carboxylic acids is 1. The standard InChI is InChI=1S/C13H27N3O2/c1-5-16-6-7-18-11(9-16)8-15-10-13(2,3)12(17)14-4/h11,15H,5-10H2,1-4H3,(H,14,17). The summed E-state index contributed by atoms with van der Waals surface area (Å²) in [6.07, 6.45) is 0.235. The molecule has 0 aromatic carbocycles. The number of likely N-dealkylation sites (N-methyl/N-ethyl adjacent to an activating group) is 1. The van der Waals surface area contributed by atoms with Crippen molar-refractivity contribution in [3.63, 3.8) is 0 Å². The number of morpholine rings is 1. The van der Waals surface area contributed by atoms with Crippen LogP contribution in [0.25, 0.3) is 0 Å². The minimum atomic E-state index is -0.381. The van der Waals surface area contributed by atoms with Gasteiger partial charge in [-0.3, -0.25) is 9.69 Å². The van der Waals surface area contributed by atoms with Gasteiger partial charge in [0.25, 0.3) is 0 Å². The molecule has 0 aromatic heterocycles. The summed E-state index contributed by atoms with van der Waals surface area (Å²) in [7, 11) is 1.67. The van der Waals surface area contributed by atoms with Crippen LogP contribution in [0.1, 0.15) is 20.8 Å². The van der Waals surface area contributed by atoms with Crippen molar-refractivity contribution < 1.29 is 9.53 Å². The molecule has 0 spiro atoms. The van der Waals surface area contributed by atoms with Crippen LogP contribution in [0, 0.1) is 5.41 Å². The van der Waals surface area contributed by atoms with Gasteiger partial charge in [0.15, 0.2) is 0 Å². The fraction of sp³-hybridized carbons (Fsp3) is 0.923.